The number of methoxy groups -OCH3 is 1. The Balaban J connectivity index is 1.49. The average Bonchev–Trinajstić information content (AvgIpc) is 3.32. The molecule has 0 unspecified atom stereocenters. The van der Waals surface area contributed by atoms with Crippen molar-refractivity contribution in [1.82, 2.24) is 25.0 Å². The van der Waals surface area contributed by atoms with Gasteiger partial charge in [0.05, 0.1) is 41.2 Å². The first-order valence-corrected chi connectivity index (χ1v) is 10.6. The summed E-state index contributed by atoms with van der Waals surface area (Å²) in [6, 6.07) is 7.83. The summed E-state index contributed by atoms with van der Waals surface area (Å²) in [6.07, 6.45) is 5.49. The fourth-order valence-corrected chi connectivity index (χ4v) is 3.56. The lowest BCUT2D eigenvalue weighted by Crippen LogP contribution is -2.20. The molecule has 33 heavy (non-hydrogen) atoms. The second-order valence-corrected chi connectivity index (χ2v) is 7.60. The monoisotopic (exact) mass is 487 g/mol. The minimum atomic E-state index is -0.558. The van der Waals surface area contributed by atoms with Gasteiger partial charge in [0.25, 0.3) is 0 Å². The van der Waals surface area contributed by atoms with Gasteiger partial charge in [-0.1, -0.05) is 34.5 Å². The highest BCUT2D eigenvalue weighted by molar-refractivity contribution is 6.39. The average molecular weight is 488 g/mol. The zero-order valence-corrected chi connectivity index (χ0v) is 19.0. The first kappa shape index (κ1) is 22.6. The summed E-state index contributed by atoms with van der Waals surface area (Å²) in [5, 5.41) is 14.2. The molecule has 170 valence electrons. The van der Waals surface area contributed by atoms with Crippen molar-refractivity contribution in [2.24, 2.45) is 0 Å². The lowest BCUT2D eigenvalue weighted by Gasteiger charge is -2.14. The number of hydrogen-bond donors (Lipinski definition) is 2. The number of aromatic nitrogens is 5. The number of carbonyl (C=O) groups is 1. The second kappa shape index (κ2) is 10.3. The molecule has 0 saturated heterocycles. The Morgan fingerprint density at radius 1 is 1.12 bits per heavy atom. The lowest BCUT2D eigenvalue weighted by molar-refractivity contribution is 0.262. The van der Waals surface area contributed by atoms with E-state index in [4.69, 9.17) is 32.7 Å². The van der Waals surface area contributed by atoms with E-state index in [0.717, 1.165) is 6.42 Å². The number of hydrogen-bond acceptors (Lipinski definition) is 7. The van der Waals surface area contributed by atoms with Gasteiger partial charge in [-0.25, -0.2) is 14.8 Å². The van der Waals surface area contributed by atoms with E-state index in [9.17, 15) is 4.79 Å². The molecule has 0 bridgehead atoms. The number of rotatable bonds is 8. The van der Waals surface area contributed by atoms with Crippen molar-refractivity contribution < 1.29 is 14.3 Å². The fourth-order valence-electron chi connectivity index (χ4n) is 3.07. The summed E-state index contributed by atoms with van der Waals surface area (Å²) < 4.78 is 13.1. The quantitative estimate of drug-likeness (QED) is 0.347. The predicted molar refractivity (Wildman–Crippen MR) is 125 cm³/mol. The standard InChI is InChI=1S/C21H19Cl2N7O3/c1-32-17-10-13-16(11-18(17)33-9-3-7-30-8-6-26-29-30)24-12-25-20(13)28-21(31)27-19-14(22)4-2-5-15(19)23/h2,4-6,8,10-12H,3,7,9H2,1H3,(H2,24,25,27,28,31). The number of fused-ring (bicyclic) bond motifs is 1. The van der Waals surface area contributed by atoms with E-state index < -0.39 is 6.03 Å². The number of aryl methyl sites for hydroxylation is 1. The van der Waals surface area contributed by atoms with Gasteiger partial charge >= 0.3 is 6.03 Å². The van der Waals surface area contributed by atoms with Gasteiger partial charge in [-0.3, -0.25) is 10.00 Å². The summed E-state index contributed by atoms with van der Waals surface area (Å²) in [7, 11) is 1.53. The van der Waals surface area contributed by atoms with Crippen LogP contribution in [0.3, 0.4) is 0 Å². The Morgan fingerprint density at radius 2 is 1.94 bits per heavy atom. The van der Waals surface area contributed by atoms with E-state index in [1.807, 2.05) is 0 Å². The Hall–Kier alpha value is -3.63. The van der Waals surface area contributed by atoms with Gasteiger partial charge in [0.15, 0.2) is 11.5 Å². The van der Waals surface area contributed by atoms with Gasteiger partial charge in [0.1, 0.15) is 12.1 Å². The van der Waals surface area contributed by atoms with Crippen molar-refractivity contribution in [2.75, 3.05) is 24.4 Å². The number of anilines is 2. The topological polar surface area (TPSA) is 116 Å². The van der Waals surface area contributed by atoms with Crippen LogP contribution >= 0.6 is 23.2 Å². The van der Waals surface area contributed by atoms with E-state index in [1.165, 1.54) is 13.4 Å². The molecule has 0 spiro atoms. The van der Waals surface area contributed by atoms with Gasteiger partial charge in [-0.05, 0) is 18.2 Å². The van der Waals surface area contributed by atoms with Crippen LogP contribution in [-0.4, -0.2) is 44.7 Å². The molecule has 2 N–H and O–H groups in total. The molecule has 2 amide bonds. The third-order valence-electron chi connectivity index (χ3n) is 4.62. The Bertz CT molecular complexity index is 1250. The fraction of sp³-hybridized carbons (Fsp3) is 0.190. The molecule has 2 aromatic carbocycles. The number of urea groups is 1. The molecule has 12 heteroatoms. The van der Waals surface area contributed by atoms with Crippen molar-refractivity contribution in [1.29, 1.82) is 0 Å². The van der Waals surface area contributed by atoms with E-state index in [1.54, 1.807) is 47.4 Å². The molecule has 2 heterocycles. The van der Waals surface area contributed by atoms with Crippen LogP contribution in [0.1, 0.15) is 6.42 Å². The number of carbonyl (C=O) groups excluding carboxylic acids is 1. The smallest absolute Gasteiger partial charge is 0.324 e. The predicted octanol–water partition coefficient (Wildman–Crippen LogP) is 4.65. The molecule has 0 aliphatic heterocycles. The maximum atomic E-state index is 12.6. The molecular weight excluding hydrogens is 469 g/mol. The highest BCUT2D eigenvalue weighted by atomic mass is 35.5. The summed E-state index contributed by atoms with van der Waals surface area (Å²) in [5.74, 6) is 1.30. The number of amides is 2. The van der Waals surface area contributed by atoms with Gasteiger partial charge in [-0.15, -0.1) is 5.10 Å². The molecule has 0 aliphatic rings. The van der Waals surface area contributed by atoms with Crippen molar-refractivity contribution in [3.8, 4) is 11.5 Å². The normalized spacial score (nSPS) is 10.8. The van der Waals surface area contributed by atoms with Gasteiger partial charge in [0.2, 0.25) is 0 Å². The largest absolute Gasteiger partial charge is 0.493 e. The second-order valence-electron chi connectivity index (χ2n) is 6.79. The molecular formula is C21H19Cl2N7O3. The SMILES string of the molecule is COc1cc2c(NC(=O)Nc3c(Cl)cccc3Cl)ncnc2cc1OCCCn1ccnn1. The third kappa shape index (κ3) is 5.41. The Morgan fingerprint density at radius 3 is 2.67 bits per heavy atom. The van der Waals surface area contributed by atoms with Crippen molar-refractivity contribution in [3.63, 3.8) is 0 Å². The van der Waals surface area contributed by atoms with Crippen molar-refractivity contribution in [2.45, 2.75) is 13.0 Å². The molecule has 4 aromatic rings. The maximum absolute atomic E-state index is 12.6. The van der Waals surface area contributed by atoms with E-state index >= 15 is 0 Å². The van der Waals surface area contributed by atoms with E-state index in [-0.39, 0.29) is 5.82 Å². The van der Waals surface area contributed by atoms with Gasteiger partial charge in [0, 0.05) is 30.6 Å². The third-order valence-corrected chi connectivity index (χ3v) is 5.24. The first-order valence-electron chi connectivity index (χ1n) is 9.87. The van der Waals surface area contributed by atoms with Crippen LogP contribution < -0.4 is 20.1 Å². The van der Waals surface area contributed by atoms with Gasteiger partial charge < -0.3 is 14.8 Å². The number of halogens is 2. The summed E-state index contributed by atoms with van der Waals surface area (Å²) in [6.45, 7) is 1.12. The zero-order valence-electron chi connectivity index (χ0n) is 17.5. The van der Waals surface area contributed by atoms with Crippen LogP contribution in [0.2, 0.25) is 10.0 Å². The van der Waals surface area contributed by atoms with Crippen LogP contribution in [0.15, 0.2) is 49.1 Å². The molecule has 0 aliphatic carbocycles. The maximum Gasteiger partial charge on any atom is 0.324 e. The number of nitrogens with zero attached hydrogens (tertiary/aromatic N) is 5. The molecule has 0 fully saturated rings. The van der Waals surface area contributed by atoms with Crippen LogP contribution in [0.5, 0.6) is 11.5 Å². The summed E-state index contributed by atoms with van der Waals surface area (Å²) in [5.41, 5.74) is 0.874. The Kier molecular flexibility index (Phi) is 7.06. The van der Waals surface area contributed by atoms with Crippen LogP contribution in [0, 0.1) is 0 Å². The van der Waals surface area contributed by atoms with Crippen LogP contribution in [-0.2, 0) is 6.54 Å². The minimum Gasteiger partial charge on any atom is -0.493 e. The molecule has 2 aromatic heterocycles. The highest BCUT2D eigenvalue weighted by Crippen LogP contribution is 2.34. The molecule has 0 atom stereocenters. The van der Waals surface area contributed by atoms with Crippen LogP contribution in [0.25, 0.3) is 10.9 Å². The van der Waals surface area contributed by atoms with Crippen molar-refractivity contribution >= 4 is 51.6 Å². The molecule has 0 radical (unpaired) electrons. The molecule has 4 rings (SSSR count). The Labute approximate surface area is 198 Å². The van der Waals surface area contributed by atoms with E-state index in [0.29, 0.717) is 51.3 Å². The van der Waals surface area contributed by atoms with Gasteiger partial charge in [-0.2, -0.15) is 0 Å². The van der Waals surface area contributed by atoms with E-state index in [2.05, 4.69) is 30.9 Å². The first-order chi connectivity index (χ1) is 16.0. The van der Waals surface area contributed by atoms with Crippen molar-refractivity contribution in [3.05, 3.63) is 59.1 Å². The minimum absolute atomic E-state index is 0.289. The summed E-state index contributed by atoms with van der Waals surface area (Å²) >= 11 is 12.2. The number of para-hydroxylation sites is 1. The zero-order chi connectivity index (χ0) is 23.2. The lowest BCUT2D eigenvalue weighted by atomic mass is 10.2. The number of nitrogens with one attached hydrogen (secondary N) is 2. The van der Waals surface area contributed by atoms with Crippen LogP contribution in [0.4, 0.5) is 16.3 Å². The molecule has 10 nitrogen and oxygen atoms in total. The number of benzene rings is 2. The summed E-state index contributed by atoms with van der Waals surface area (Å²) in [4.78, 5) is 21.0. The number of ether oxygens (including phenoxy) is 2. The molecule has 0 saturated carbocycles. The highest BCUT2D eigenvalue weighted by Gasteiger charge is 2.15.